The van der Waals surface area contributed by atoms with Crippen molar-refractivity contribution in [3.05, 3.63) is 0 Å². The first-order valence-electron chi connectivity index (χ1n) is 3.51. The molecule has 0 aliphatic carbocycles. The van der Waals surface area contributed by atoms with Gasteiger partial charge in [0.1, 0.15) is 0 Å². The highest BCUT2D eigenvalue weighted by Gasteiger charge is 1.98. The van der Waals surface area contributed by atoms with Gasteiger partial charge in [0, 0.05) is 0 Å². The average molecular weight is 133 g/mol. The van der Waals surface area contributed by atoms with Crippen LogP contribution in [0.3, 0.4) is 0 Å². The molecule has 1 N–H and O–H groups in total. The van der Waals surface area contributed by atoms with Crippen LogP contribution in [0.5, 0.6) is 0 Å². The number of hydrogen-bond acceptors (Lipinski definition) is 1. The Bertz CT molecular complexity index is 56.9. The van der Waals surface area contributed by atoms with Gasteiger partial charge in [-0.1, -0.05) is 6.92 Å². The third-order valence-electron chi connectivity index (χ3n) is 1.49. The van der Waals surface area contributed by atoms with Gasteiger partial charge in [0.15, 0.2) is 0 Å². The molecule has 1 nitrogen and oxygen atoms in total. The second-order valence-corrected chi connectivity index (χ2v) is 2.48. The molecule has 0 saturated carbocycles. The molecule has 1 atom stereocenters. The minimum absolute atomic E-state index is 0.176. The van der Waals surface area contributed by atoms with Gasteiger partial charge in [-0.25, -0.2) is 0 Å². The molecular formula is C7H16FN. The quantitative estimate of drug-likeness (QED) is 0.600. The van der Waals surface area contributed by atoms with Gasteiger partial charge in [0.25, 0.3) is 0 Å². The largest absolute Gasteiger partial charge is 0.320 e. The molecule has 9 heavy (non-hydrogen) atoms. The van der Waals surface area contributed by atoms with E-state index in [1.807, 2.05) is 7.05 Å². The summed E-state index contributed by atoms with van der Waals surface area (Å²) in [7, 11) is 1.92. The first-order chi connectivity index (χ1) is 4.31. The Balaban J connectivity index is 2.95. The number of rotatable bonds is 5. The van der Waals surface area contributed by atoms with Crippen molar-refractivity contribution in [1.29, 1.82) is 0 Å². The number of hydrogen-bond donors (Lipinski definition) is 1. The van der Waals surface area contributed by atoms with E-state index in [0.717, 1.165) is 13.0 Å². The van der Waals surface area contributed by atoms with Crippen molar-refractivity contribution in [1.82, 2.24) is 5.32 Å². The predicted octanol–water partition coefficient (Wildman–Crippen LogP) is 1.59. The van der Waals surface area contributed by atoms with Crippen LogP contribution in [0, 0.1) is 5.92 Å². The van der Waals surface area contributed by atoms with E-state index >= 15 is 0 Å². The summed E-state index contributed by atoms with van der Waals surface area (Å²) in [4.78, 5) is 0. The Morgan fingerprint density at radius 1 is 1.44 bits per heavy atom. The Morgan fingerprint density at radius 2 is 2.11 bits per heavy atom. The summed E-state index contributed by atoms with van der Waals surface area (Å²) < 4.78 is 11.7. The molecule has 2 heteroatoms. The van der Waals surface area contributed by atoms with Gasteiger partial charge < -0.3 is 5.32 Å². The normalized spacial score (nSPS) is 13.7. The van der Waals surface area contributed by atoms with Crippen LogP contribution in [-0.2, 0) is 0 Å². The first kappa shape index (κ1) is 8.89. The van der Waals surface area contributed by atoms with Gasteiger partial charge in [-0.05, 0) is 32.4 Å². The molecule has 0 aromatic heterocycles. The fourth-order valence-corrected chi connectivity index (χ4v) is 0.721. The second kappa shape index (κ2) is 6.02. The summed E-state index contributed by atoms with van der Waals surface area (Å²) in [6.45, 7) is 2.91. The van der Waals surface area contributed by atoms with Gasteiger partial charge >= 0.3 is 0 Å². The van der Waals surface area contributed by atoms with Crippen molar-refractivity contribution >= 4 is 0 Å². The lowest BCUT2D eigenvalue weighted by Crippen LogP contribution is -2.11. The summed E-state index contributed by atoms with van der Waals surface area (Å²) in [6, 6.07) is 0. The third kappa shape index (κ3) is 5.77. The van der Waals surface area contributed by atoms with Crippen LogP contribution < -0.4 is 5.32 Å². The topological polar surface area (TPSA) is 12.0 Å². The molecule has 1 unspecified atom stereocenters. The zero-order valence-corrected chi connectivity index (χ0v) is 6.28. The highest BCUT2D eigenvalue weighted by molar-refractivity contribution is 4.52. The van der Waals surface area contributed by atoms with Crippen molar-refractivity contribution in [3.8, 4) is 0 Å². The summed E-state index contributed by atoms with van der Waals surface area (Å²) >= 11 is 0. The molecule has 0 aromatic carbocycles. The molecule has 0 radical (unpaired) electrons. The van der Waals surface area contributed by atoms with Crippen molar-refractivity contribution in [2.75, 3.05) is 20.3 Å². The van der Waals surface area contributed by atoms with E-state index in [2.05, 4.69) is 12.2 Å². The van der Waals surface area contributed by atoms with E-state index in [1.54, 1.807) is 0 Å². The van der Waals surface area contributed by atoms with E-state index in [-0.39, 0.29) is 6.67 Å². The molecule has 0 saturated heterocycles. The molecule has 56 valence electrons. The summed E-state index contributed by atoms with van der Waals surface area (Å²) in [6.07, 6.45) is 1.79. The minimum atomic E-state index is -0.176. The van der Waals surface area contributed by atoms with Gasteiger partial charge in [-0.15, -0.1) is 0 Å². The summed E-state index contributed by atoms with van der Waals surface area (Å²) in [5.41, 5.74) is 0. The van der Waals surface area contributed by atoms with Gasteiger partial charge in [-0.2, -0.15) is 0 Å². The van der Waals surface area contributed by atoms with E-state index in [1.165, 1.54) is 0 Å². The molecule has 0 aromatic rings. The molecule has 0 aliphatic heterocycles. The smallest absolute Gasteiger partial charge is 0.0897 e. The highest BCUT2D eigenvalue weighted by atomic mass is 19.1. The van der Waals surface area contributed by atoms with Crippen LogP contribution in [0.1, 0.15) is 19.8 Å². The second-order valence-electron chi connectivity index (χ2n) is 2.48. The molecule has 0 fully saturated rings. The SMILES string of the molecule is CNCCC(C)CCF. The summed E-state index contributed by atoms with van der Waals surface area (Å²) in [5.74, 6) is 0.530. The zero-order chi connectivity index (χ0) is 7.11. The predicted molar refractivity (Wildman–Crippen MR) is 38.3 cm³/mol. The van der Waals surface area contributed by atoms with E-state index in [4.69, 9.17) is 0 Å². The third-order valence-corrected chi connectivity index (χ3v) is 1.49. The standard InChI is InChI=1S/C7H16FN/c1-7(3-5-8)4-6-9-2/h7,9H,3-6H2,1-2H3. The lowest BCUT2D eigenvalue weighted by Gasteiger charge is -2.06. The Hall–Kier alpha value is -0.110. The van der Waals surface area contributed by atoms with Crippen LogP contribution >= 0.6 is 0 Å². The minimum Gasteiger partial charge on any atom is -0.320 e. The maximum absolute atomic E-state index is 11.7. The molecule has 0 heterocycles. The average Bonchev–Trinajstić information content (AvgIpc) is 1.85. The maximum atomic E-state index is 11.7. The lowest BCUT2D eigenvalue weighted by atomic mass is 10.1. The Kier molecular flexibility index (Phi) is 5.94. The molecular weight excluding hydrogens is 117 g/mol. The van der Waals surface area contributed by atoms with Crippen LogP contribution in [-0.4, -0.2) is 20.3 Å². The fraction of sp³-hybridized carbons (Fsp3) is 1.00. The zero-order valence-electron chi connectivity index (χ0n) is 6.28. The van der Waals surface area contributed by atoms with Gasteiger partial charge in [-0.3, -0.25) is 4.39 Å². The van der Waals surface area contributed by atoms with Crippen LogP contribution in [0.4, 0.5) is 4.39 Å². The van der Waals surface area contributed by atoms with Crippen LogP contribution in [0.25, 0.3) is 0 Å². The highest BCUT2D eigenvalue weighted by Crippen LogP contribution is 2.05. The van der Waals surface area contributed by atoms with Crippen molar-refractivity contribution in [2.24, 2.45) is 5.92 Å². The molecule has 0 amide bonds. The van der Waals surface area contributed by atoms with Crippen molar-refractivity contribution < 1.29 is 4.39 Å². The van der Waals surface area contributed by atoms with Crippen LogP contribution in [0.2, 0.25) is 0 Å². The number of alkyl halides is 1. The monoisotopic (exact) mass is 133 g/mol. The molecule has 0 bridgehead atoms. The van der Waals surface area contributed by atoms with Crippen molar-refractivity contribution in [3.63, 3.8) is 0 Å². The van der Waals surface area contributed by atoms with Crippen molar-refractivity contribution in [2.45, 2.75) is 19.8 Å². The lowest BCUT2D eigenvalue weighted by molar-refractivity contribution is 0.387. The first-order valence-corrected chi connectivity index (χ1v) is 3.51. The number of nitrogens with one attached hydrogen (secondary N) is 1. The number of halogens is 1. The molecule has 0 rings (SSSR count). The Labute approximate surface area is 56.6 Å². The van der Waals surface area contributed by atoms with Crippen LogP contribution in [0.15, 0.2) is 0 Å². The molecule has 0 aliphatic rings. The summed E-state index contributed by atoms with van der Waals surface area (Å²) in [5, 5.41) is 3.03. The van der Waals surface area contributed by atoms with E-state index < -0.39 is 0 Å². The van der Waals surface area contributed by atoms with E-state index in [0.29, 0.717) is 12.3 Å². The fourth-order valence-electron chi connectivity index (χ4n) is 0.721. The van der Waals surface area contributed by atoms with E-state index in [9.17, 15) is 4.39 Å². The van der Waals surface area contributed by atoms with Gasteiger partial charge in [0.2, 0.25) is 0 Å². The maximum Gasteiger partial charge on any atom is 0.0897 e. The molecule has 0 spiro atoms. The Morgan fingerprint density at radius 3 is 2.56 bits per heavy atom. The van der Waals surface area contributed by atoms with Gasteiger partial charge in [0.05, 0.1) is 6.67 Å².